The molecule has 0 saturated carbocycles. The molecule has 0 spiro atoms. The van der Waals surface area contributed by atoms with E-state index in [9.17, 15) is 0 Å². The summed E-state index contributed by atoms with van der Waals surface area (Å²) in [6.07, 6.45) is 0.879. The Labute approximate surface area is 105 Å². The molecule has 0 amide bonds. The Morgan fingerprint density at radius 1 is 1.29 bits per heavy atom. The van der Waals surface area contributed by atoms with Gasteiger partial charge in [-0.3, -0.25) is 0 Å². The van der Waals surface area contributed by atoms with E-state index < -0.39 is 0 Å². The highest BCUT2D eigenvalue weighted by atomic mass is 32.1. The first kappa shape index (κ1) is 12.1. The highest BCUT2D eigenvalue weighted by Gasteiger charge is 2.00. The van der Waals surface area contributed by atoms with Crippen LogP contribution in [0.2, 0.25) is 0 Å². The minimum absolute atomic E-state index is 0.0378. The topological polar surface area (TPSA) is 45.1 Å². The van der Waals surface area contributed by atoms with E-state index in [-0.39, 0.29) is 6.61 Å². The van der Waals surface area contributed by atoms with Gasteiger partial charge in [-0.05, 0) is 19.1 Å². The van der Waals surface area contributed by atoms with E-state index in [2.05, 4.69) is 41.5 Å². The van der Waals surface area contributed by atoms with Crippen molar-refractivity contribution in [1.82, 2.24) is 4.98 Å². The number of nitrogens with one attached hydrogen (secondary N) is 1. The number of hydrogen-bond donors (Lipinski definition) is 2. The van der Waals surface area contributed by atoms with Gasteiger partial charge in [0.2, 0.25) is 0 Å². The van der Waals surface area contributed by atoms with Crippen LogP contribution >= 0.6 is 11.3 Å². The Bertz CT molecular complexity index is 465. The Kier molecular flexibility index (Phi) is 4.12. The molecule has 4 heteroatoms. The van der Waals surface area contributed by atoms with Crippen LogP contribution in [0.25, 0.3) is 0 Å². The fourth-order valence-corrected chi connectivity index (χ4v) is 2.23. The number of nitrogens with zero attached hydrogens (tertiary/aromatic N) is 1. The molecule has 0 aliphatic heterocycles. The van der Waals surface area contributed by atoms with Crippen LogP contribution in [-0.4, -0.2) is 16.6 Å². The molecular weight excluding hydrogens is 232 g/mol. The van der Waals surface area contributed by atoms with Crippen molar-refractivity contribution < 1.29 is 5.11 Å². The summed E-state index contributed by atoms with van der Waals surface area (Å²) in [7, 11) is 0. The smallest absolute Gasteiger partial charge is 0.118 e. The van der Waals surface area contributed by atoms with Gasteiger partial charge in [0.1, 0.15) is 5.01 Å². The average molecular weight is 248 g/mol. The van der Waals surface area contributed by atoms with Crippen molar-refractivity contribution in [2.75, 3.05) is 11.9 Å². The number of aliphatic hydroxyl groups excluding tert-OH is 1. The van der Waals surface area contributed by atoms with E-state index in [0.717, 1.165) is 29.4 Å². The summed E-state index contributed by atoms with van der Waals surface area (Å²) in [4.78, 5) is 4.30. The van der Waals surface area contributed by atoms with Crippen LogP contribution in [0.4, 0.5) is 5.69 Å². The van der Waals surface area contributed by atoms with Crippen molar-refractivity contribution >= 4 is 17.0 Å². The quantitative estimate of drug-likeness (QED) is 0.855. The van der Waals surface area contributed by atoms with E-state index in [4.69, 9.17) is 5.11 Å². The molecule has 90 valence electrons. The third kappa shape index (κ3) is 3.54. The van der Waals surface area contributed by atoms with Crippen molar-refractivity contribution in [2.24, 2.45) is 0 Å². The minimum atomic E-state index is 0.0378. The second-order valence-electron chi connectivity index (χ2n) is 3.93. The second kappa shape index (κ2) is 5.80. The maximum atomic E-state index is 8.91. The molecule has 0 unspecified atom stereocenters. The highest BCUT2D eigenvalue weighted by Crippen LogP contribution is 2.11. The van der Waals surface area contributed by atoms with Crippen molar-refractivity contribution in [3.8, 4) is 0 Å². The molecule has 0 fully saturated rings. The van der Waals surface area contributed by atoms with Gasteiger partial charge < -0.3 is 10.4 Å². The monoisotopic (exact) mass is 248 g/mol. The highest BCUT2D eigenvalue weighted by molar-refractivity contribution is 7.09. The van der Waals surface area contributed by atoms with Crippen LogP contribution in [-0.2, 0) is 13.0 Å². The predicted molar refractivity (Wildman–Crippen MR) is 71.4 cm³/mol. The number of aryl methyl sites for hydroxylation is 1. The molecule has 2 aromatic rings. The molecule has 0 saturated heterocycles. The molecule has 2 N–H and O–H groups in total. The van der Waals surface area contributed by atoms with Crippen LogP contribution < -0.4 is 5.32 Å². The van der Waals surface area contributed by atoms with E-state index in [0.29, 0.717) is 0 Å². The third-order valence-electron chi connectivity index (χ3n) is 2.50. The lowest BCUT2D eigenvalue weighted by molar-refractivity contribution is 0.281. The van der Waals surface area contributed by atoms with E-state index in [1.54, 1.807) is 0 Å². The van der Waals surface area contributed by atoms with Gasteiger partial charge in [0.25, 0.3) is 0 Å². The fraction of sp³-hybridized carbons (Fsp3) is 0.308. The second-order valence-corrected chi connectivity index (χ2v) is 4.88. The minimum Gasteiger partial charge on any atom is -0.389 e. The first-order chi connectivity index (χ1) is 8.28. The summed E-state index contributed by atoms with van der Waals surface area (Å²) >= 11 is 1.51. The normalized spacial score (nSPS) is 10.5. The van der Waals surface area contributed by atoms with E-state index in [1.807, 2.05) is 5.38 Å². The molecule has 1 aromatic carbocycles. The first-order valence-electron chi connectivity index (χ1n) is 5.62. The Morgan fingerprint density at radius 2 is 2.06 bits per heavy atom. The summed E-state index contributed by atoms with van der Waals surface area (Å²) in [5, 5.41) is 15.1. The predicted octanol–water partition coefficient (Wildman–Crippen LogP) is 2.60. The zero-order chi connectivity index (χ0) is 12.1. The summed E-state index contributed by atoms with van der Waals surface area (Å²) in [5.74, 6) is 0. The number of rotatable bonds is 5. The van der Waals surface area contributed by atoms with E-state index >= 15 is 0 Å². The van der Waals surface area contributed by atoms with Crippen LogP contribution in [0.15, 0.2) is 29.6 Å². The molecule has 0 radical (unpaired) electrons. The molecule has 1 aromatic heterocycles. The zero-order valence-corrected chi connectivity index (χ0v) is 10.6. The van der Waals surface area contributed by atoms with Crippen molar-refractivity contribution in [3.05, 3.63) is 45.9 Å². The maximum Gasteiger partial charge on any atom is 0.118 e. The Balaban J connectivity index is 1.81. The van der Waals surface area contributed by atoms with Crippen molar-refractivity contribution in [3.63, 3.8) is 0 Å². The molecule has 1 heterocycles. The van der Waals surface area contributed by atoms with Gasteiger partial charge >= 0.3 is 0 Å². The van der Waals surface area contributed by atoms with Crippen molar-refractivity contribution in [1.29, 1.82) is 0 Å². The maximum absolute atomic E-state index is 8.91. The number of aliphatic hydroxyl groups is 1. The SMILES string of the molecule is Cc1ccc(NCCc2csc(CO)n2)cc1. The van der Waals surface area contributed by atoms with Crippen LogP contribution in [0.3, 0.4) is 0 Å². The summed E-state index contributed by atoms with van der Waals surface area (Å²) in [6, 6.07) is 8.34. The van der Waals surface area contributed by atoms with Gasteiger partial charge in [0.05, 0.1) is 12.3 Å². The summed E-state index contributed by atoms with van der Waals surface area (Å²) in [6.45, 7) is 2.98. The number of anilines is 1. The number of benzene rings is 1. The molecule has 0 bridgehead atoms. The largest absolute Gasteiger partial charge is 0.389 e. The van der Waals surface area contributed by atoms with Gasteiger partial charge in [-0.1, -0.05) is 17.7 Å². The standard InChI is InChI=1S/C13H16N2OS/c1-10-2-4-11(5-3-10)14-7-6-12-9-17-13(8-16)15-12/h2-5,9,14,16H,6-8H2,1H3. The summed E-state index contributed by atoms with van der Waals surface area (Å²) < 4.78 is 0. The van der Waals surface area contributed by atoms with Crippen LogP contribution in [0.1, 0.15) is 16.3 Å². The lowest BCUT2D eigenvalue weighted by Gasteiger charge is -2.05. The molecule has 0 aliphatic carbocycles. The lowest BCUT2D eigenvalue weighted by Crippen LogP contribution is -2.05. The molecule has 2 rings (SSSR count). The molecular formula is C13H16N2OS. The van der Waals surface area contributed by atoms with Gasteiger partial charge in [0, 0.05) is 24.0 Å². The molecule has 0 atom stereocenters. The number of aromatic nitrogens is 1. The molecule has 17 heavy (non-hydrogen) atoms. The van der Waals surface area contributed by atoms with Gasteiger partial charge in [-0.25, -0.2) is 4.98 Å². The third-order valence-corrected chi connectivity index (χ3v) is 3.38. The van der Waals surface area contributed by atoms with Gasteiger partial charge in [-0.2, -0.15) is 0 Å². The molecule has 0 aliphatic rings. The van der Waals surface area contributed by atoms with Gasteiger partial charge in [-0.15, -0.1) is 11.3 Å². The lowest BCUT2D eigenvalue weighted by atomic mass is 10.2. The average Bonchev–Trinajstić information content (AvgIpc) is 2.80. The Hall–Kier alpha value is -1.39. The number of thiazole rings is 1. The van der Waals surface area contributed by atoms with Crippen LogP contribution in [0.5, 0.6) is 0 Å². The zero-order valence-electron chi connectivity index (χ0n) is 9.81. The van der Waals surface area contributed by atoms with Crippen molar-refractivity contribution in [2.45, 2.75) is 20.0 Å². The summed E-state index contributed by atoms with van der Waals surface area (Å²) in [5.41, 5.74) is 3.44. The Morgan fingerprint density at radius 3 is 2.71 bits per heavy atom. The van der Waals surface area contributed by atoms with E-state index in [1.165, 1.54) is 16.9 Å². The van der Waals surface area contributed by atoms with Crippen LogP contribution in [0, 0.1) is 6.92 Å². The first-order valence-corrected chi connectivity index (χ1v) is 6.50. The molecule has 3 nitrogen and oxygen atoms in total. The fourth-order valence-electron chi connectivity index (χ4n) is 1.54. The number of hydrogen-bond acceptors (Lipinski definition) is 4. The van der Waals surface area contributed by atoms with Gasteiger partial charge in [0.15, 0.2) is 0 Å².